The van der Waals surface area contributed by atoms with Gasteiger partial charge in [-0.05, 0) is 56.7 Å². The third-order valence-corrected chi connectivity index (χ3v) is 4.62. The second kappa shape index (κ2) is 8.14. The van der Waals surface area contributed by atoms with Crippen molar-refractivity contribution in [1.82, 2.24) is 0 Å². The molecule has 3 rings (SSSR count). The highest BCUT2D eigenvalue weighted by atomic mass is 16.5. The summed E-state index contributed by atoms with van der Waals surface area (Å²) in [4.78, 5) is 11.9. The van der Waals surface area contributed by atoms with Crippen LogP contribution in [0.5, 0.6) is 0 Å². The molecule has 0 spiro atoms. The highest BCUT2D eigenvalue weighted by molar-refractivity contribution is 5.84. The standard InChI is InChI=1S/C24H24O3/c1-5-26-24(25)17(3)14-23-18(4)21-15-20(12-13-22(21)27-23)11-10-19-8-6-16(2)7-9-19/h6-9,12-13,15,17H,5,14H2,1-4H3. The Hall–Kier alpha value is -2.99. The molecule has 0 bridgehead atoms. The Morgan fingerprint density at radius 3 is 2.44 bits per heavy atom. The van der Waals surface area contributed by atoms with E-state index in [0.29, 0.717) is 13.0 Å². The number of rotatable bonds is 4. The lowest BCUT2D eigenvalue weighted by molar-refractivity contribution is -0.147. The minimum atomic E-state index is -0.231. The summed E-state index contributed by atoms with van der Waals surface area (Å²) in [6.07, 6.45) is 0.531. The topological polar surface area (TPSA) is 39.4 Å². The van der Waals surface area contributed by atoms with Crippen molar-refractivity contribution in [2.24, 2.45) is 5.92 Å². The Labute approximate surface area is 160 Å². The summed E-state index contributed by atoms with van der Waals surface area (Å²) in [7, 11) is 0. The predicted molar refractivity (Wildman–Crippen MR) is 108 cm³/mol. The van der Waals surface area contributed by atoms with Crippen molar-refractivity contribution in [1.29, 1.82) is 0 Å². The van der Waals surface area contributed by atoms with Crippen LogP contribution < -0.4 is 0 Å². The molecule has 1 unspecified atom stereocenters. The van der Waals surface area contributed by atoms with Crippen molar-refractivity contribution >= 4 is 16.9 Å². The zero-order valence-corrected chi connectivity index (χ0v) is 16.3. The molecular weight excluding hydrogens is 336 g/mol. The van der Waals surface area contributed by atoms with Crippen LogP contribution in [0.15, 0.2) is 46.9 Å². The number of esters is 1. The van der Waals surface area contributed by atoms with E-state index in [-0.39, 0.29) is 11.9 Å². The summed E-state index contributed by atoms with van der Waals surface area (Å²) in [6.45, 7) is 8.16. The fourth-order valence-corrected chi connectivity index (χ4v) is 2.97. The van der Waals surface area contributed by atoms with Crippen LogP contribution in [0.25, 0.3) is 11.0 Å². The van der Waals surface area contributed by atoms with Gasteiger partial charge in [0.25, 0.3) is 0 Å². The number of carbonyl (C=O) groups excluding carboxylic acids is 1. The van der Waals surface area contributed by atoms with Crippen molar-refractivity contribution in [3.63, 3.8) is 0 Å². The maximum absolute atomic E-state index is 11.9. The lowest BCUT2D eigenvalue weighted by Gasteiger charge is -2.08. The van der Waals surface area contributed by atoms with Crippen molar-refractivity contribution in [3.8, 4) is 11.8 Å². The molecule has 3 nitrogen and oxygen atoms in total. The largest absolute Gasteiger partial charge is 0.466 e. The summed E-state index contributed by atoms with van der Waals surface area (Å²) in [5.41, 5.74) is 5.03. The Morgan fingerprint density at radius 2 is 1.74 bits per heavy atom. The zero-order chi connectivity index (χ0) is 19.4. The van der Waals surface area contributed by atoms with Gasteiger partial charge in [-0.3, -0.25) is 4.79 Å². The van der Waals surface area contributed by atoms with E-state index in [9.17, 15) is 4.79 Å². The lowest BCUT2D eigenvalue weighted by Crippen LogP contribution is -2.16. The molecular formula is C24H24O3. The summed E-state index contributed by atoms with van der Waals surface area (Å²) < 4.78 is 11.1. The van der Waals surface area contributed by atoms with Crippen LogP contribution in [0.2, 0.25) is 0 Å². The van der Waals surface area contributed by atoms with E-state index >= 15 is 0 Å². The molecule has 0 saturated heterocycles. The Kier molecular flexibility index (Phi) is 5.66. The summed E-state index contributed by atoms with van der Waals surface area (Å²) in [6, 6.07) is 14.1. The minimum Gasteiger partial charge on any atom is -0.466 e. The van der Waals surface area contributed by atoms with Gasteiger partial charge in [0, 0.05) is 22.9 Å². The molecule has 0 aliphatic carbocycles. The van der Waals surface area contributed by atoms with Crippen LogP contribution in [0.4, 0.5) is 0 Å². The number of carbonyl (C=O) groups is 1. The first-order valence-electron chi connectivity index (χ1n) is 9.25. The average molecular weight is 360 g/mol. The fourth-order valence-electron chi connectivity index (χ4n) is 2.97. The SMILES string of the molecule is CCOC(=O)C(C)Cc1oc2ccc(C#Cc3ccc(C)cc3)cc2c1C. The molecule has 138 valence electrons. The zero-order valence-electron chi connectivity index (χ0n) is 16.3. The molecule has 3 heteroatoms. The van der Waals surface area contributed by atoms with E-state index in [1.54, 1.807) is 0 Å². The van der Waals surface area contributed by atoms with Crippen molar-refractivity contribution in [2.45, 2.75) is 34.1 Å². The number of ether oxygens (including phenoxy) is 1. The van der Waals surface area contributed by atoms with Gasteiger partial charge in [-0.1, -0.05) is 36.5 Å². The Morgan fingerprint density at radius 1 is 1.07 bits per heavy atom. The Balaban J connectivity index is 1.85. The first-order chi connectivity index (χ1) is 13.0. The van der Waals surface area contributed by atoms with Gasteiger partial charge in [-0.25, -0.2) is 0 Å². The molecule has 3 aromatic rings. The van der Waals surface area contributed by atoms with Crippen LogP contribution >= 0.6 is 0 Å². The highest BCUT2D eigenvalue weighted by Crippen LogP contribution is 2.28. The number of hydrogen-bond acceptors (Lipinski definition) is 3. The monoisotopic (exact) mass is 360 g/mol. The number of fused-ring (bicyclic) bond motifs is 1. The van der Waals surface area contributed by atoms with Crippen molar-refractivity contribution < 1.29 is 13.9 Å². The van der Waals surface area contributed by atoms with Gasteiger partial charge in [0.15, 0.2) is 0 Å². The predicted octanol–water partition coefficient (Wildman–Crippen LogP) is 5.19. The van der Waals surface area contributed by atoms with Crippen molar-refractivity contribution in [2.75, 3.05) is 6.61 Å². The van der Waals surface area contributed by atoms with Gasteiger partial charge < -0.3 is 9.15 Å². The number of benzene rings is 2. The smallest absolute Gasteiger partial charge is 0.309 e. The van der Waals surface area contributed by atoms with E-state index in [4.69, 9.17) is 9.15 Å². The fraction of sp³-hybridized carbons (Fsp3) is 0.292. The second-order valence-corrected chi connectivity index (χ2v) is 6.83. The normalized spacial score (nSPS) is 11.7. The minimum absolute atomic E-state index is 0.193. The van der Waals surface area contributed by atoms with E-state index in [1.807, 2.05) is 51.1 Å². The van der Waals surface area contributed by atoms with Crippen LogP contribution in [0.1, 0.15) is 41.9 Å². The third kappa shape index (κ3) is 4.41. The molecule has 0 saturated carbocycles. The number of hydrogen-bond donors (Lipinski definition) is 0. The summed E-state index contributed by atoms with van der Waals surface area (Å²) in [5.74, 6) is 6.82. The molecule has 1 heterocycles. The second-order valence-electron chi connectivity index (χ2n) is 6.83. The maximum atomic E-state index is 11.9. The highest BCUT2D eigenvalue weighted by Gasteiger charge is 2.19. The molecule has 0 aliphatic heterocycles. The van der Waals surface area contributed by atoms with Gasteiger partial charge in [-0.15, -0.1) is 0 Å². The number of furan rings is 1. The molecule has 0 amide bonds. The Bertz CT molecular complexity index is 1010. The molecule has 0 N–H and O–H groups in total. The average Bonchev–Trinajstić information content (AvgIpc) is 2.97. The molecule has 0 aliphatic rings. The molecule has 1 atom stereocenters. The summed E-state index contributed by atoms with van der Waals surface area (Å²) >= 11 is 0. The van der Waals surface area contributed by atoms with Gasteiger partial charge in [-0.2, -0.15) is 0 Å². The van der Waals surface area contributed by atoms with Gasteiger partial charge in [0.05, 0.1) is 12.5 Å². The van der Waals surface area contributed by atoms with E-state index < -0.39 is 0 Å². The van der Waals surface area contributed by atoms with Crippen LogP contribution in [0.3, 0.4) is 0 Å². The summed E-state index contributed by atoms with van der Waals surface area (Å²) in [5, 5.41) is 1.04. The van der Waals surface area contributed by atoms with Crippen LogP contribution in [-0.4, -0.2) is 12.6 Å². The van der Waals surface area contributed by atoms with E-state index in [2.05, 4.69) is 30.9 Å². The lowest BCUT2D eigenvalue weighted by atomic mass is 10.0. The molecule has 1 aromatic heterocycles. The molecule has 2 aromatic carbocycles. The van der Waals surface area contributed by atoms with Crippen LogP contribution in [0, 0.1) is 31.6 Å². The molecule has 0 radical (unpaired) electrons. The molecule has 27 heavy (non-hydrogen) atoms. The maximum Gasteiger partial charge on any atom is 0.309 e. The van der Waals surface area contributed by atoms with Gasteiger partial charge in [0.1, 0.15) is 11.3 Å². The van der Waals surface area contributed by atoms with Gasteiger partial charge in [0.2, 0.25) is 0 Å². The quantitative estimate of drug-likeness (QED) is 0.475. The van der Waals surface area contributed by atoms with E-state index in [0.717, 1.165) is 33.4 Å². The van der Waals surface area contributed by atoms with Crippen molar-refractivity contribution in [3.05, 3.63) is 70.5 Å². The third-order valence-electron chi connectivity index (χ3n) is 4.62. The molecule has 0 fully saturated rings. The van der Waals surface area contributed by atoms with Gasteiger partial charge >= 0.3 is 5.97 Å². The van der Waals surface area contributed by atoms with E-state index in [1.165, 1.54) is 5.56 Å². The first-order valence-corrected chi connectivity index (χ1v) is 9.25. The van der Waals surface area contributed by atoms with Crippen LogP contribution in [-0.2, 0) is 16.0 Å². The first kappa shape index (κ1) is 18.8. The number of aryl methyl sites for hydroxylation is 2.